The molecule has 2 nitrogen and oxygen atoms in total. The normalized spacial score (nSPS) is 20.1. The van der Waals surface area contributed by atoms with Crippen LogP contribution in [0.25, 0.3) is 21.2 Å². The first-order valence-electron chi connectivity index (χ1n) is 27.9. The van der Waals surface area contributed by atoms with Crippen LogP contribution in [-0.2, 0) is 37.9 Å². The van der Waals surface area contributed by atoms with Gasteiger partial charge in [-0.3, -0.25) is 0 Å². The monoisotopic (exact) mass is 996 g/mol. The Morgan fingerprint density at radius 3 is 1.60 bits per heavy atom. The minimum absolute atomic E-state index is 0.0584. The number of aryl methyl sites for hydroxylation is 1. The van der Waals surface area contributed by atoms with Crippen molar-refractivity contribution in [3.63, 3.8) is 0 Å². The number of fused-ring (bicyclic) bond motifs is 9. The number of hydrogen-bond acceptors (Lipinski definition) is 3. The van der Waals surface area contributed by atoms with Crippen LogP contribution in [0.1, 0.15) is 187 Å². The third kappa shape index (κ3) is 7.41. The van der Waals surface area contributed by atoms with Crippen molar-refractivity contribution in [2.45, 2.75) is 194 Å². The fourth-order valence-electron chi connectivity index (χ4n) is 14.3. The van der Waals surface area contributed by atoms with Crippen LogP contribution >= 0.6 is 11.3 Å². The molecular formula is C68H80BN2SSi-. The largest absolute Gasteiger partial charge is 0.311 e. The van der Waals surface area contributed by atoms with E-state index in [0.29, 0.717) is 0 Å². The van der Waals surface area contributed by atoms with Gasteiger partial charge in [0.15, 0.2) is 0 Å². The molecule has 0 amide bonds. The van der Waals surface area contributed by atoms with E-state index in [1.807, 2.05) is 0 Å². The van der Waals surface area contributed by atoms with Gasteiger partial charge in [0.05, 0.1) is 11.4 Å². The van der Waals surface area contributed by atoms with E-state index in [1.54, 1.807) is 0 Å². The molecule has 1 aromatic heterocycles. The molecule has 2 aliphatic heterocycles. The molecule has 0 bridgehead atoms. The van der Waals surface area contributed by atoms with Crippen LogP contribution in [0, 0.1) is 6.92 Å². The summed E-state index contributed by atoms with van der Waals surface area (Å²) in [6.45, 7) is 41.7. The fourth-order valence-corrected chi connectivity index (χ4v) is 16.3. The van der Waals surface area contributed by atoms with Gasteiger partial charge in [0.2, 0.25) is 0 Å². The highest BCUT2D eigenvalue weighted by Gasteiger charge is 2.49. The molecule has 0 saturated carbocycles. The first kappa shape index (κ1) is 49.1. The Morgan fingerprint density at radius 2 is 1.03 bits per heavy atom. The maximum atomic E-state index is 2.78. The van der Waals surface area contributed by atoms with E-state index < -0.39 is 0 Å². The van der Waals surface area contributed by atoms with Crippen molar-refractivity contribution >= 4 is 92.7 Å². The Balaban J connectivity index is 1.22. The number of nitrogens with zero attached hydrogens (tertiary/aromatic N) is 2. The van der Waals surface area contributed by atoms with Gasteiger partial charge < -0.3 is 19.3 Å². The zero-order valence-electron chi connectivity index (χ0n) is 47.4. The van der Waals surface area contributed by atoms with Crippen LogP contribution in [0.4, 0.5) is 34.1 Å². The van der Waals surface area contributed by atoms with E-state index in [1.165, 1.54) is 159 Å². The second-order valence-electron chi connectivity index (χ2n) is 28.4. The number of thiophene rings is 1. The van der Waals surface area contributed by atoms with Gasteiger partial charge in [-0.05, 0) is 193 Å². The van der Waals surface area contributed by atoms with Gasteiger partial charge in [-0.2, -0.15) is 6.55 Å². The molecule has 0 N–H and O–H groups in total. The first-order valence-corrected chi connectivity index (χ1v) is 30.4. The zero-order valence-corrected chi connectivity index (χ0v) is 49.4. The van der Waals surface area contributed by atoms with Gasteiger partial charge in [0, 0.05) is 43.2 Å². The molecule has 5 heteroatoms. The van der Waals surface area contributed by atoms with Gasteiger partial charge in [0.25, 0.3) is 6.71 Å². The summed E-state index contributed by atoms with van der Waals surface area (Å²) in [5.41, 5.74) is 25.8. The third-order valence-electron chi connectivity index (χ3n) is 19.5. The average Bonchev–Trinajstić information content (AvgIpc) is 3.70. The minimum atomic E-state index is 0.0584. The van der Waals surface area contributed by atoms with Crippen molar-refractivity contribution in [2.24, 2.45) is 0 Å². The summed E-state index contributed by atoms with van der Waals surface area (Å²) in [5.74, 6) is 0. The van der Waals surface area contributed by atoms with Crippen molar-refractivity contribution < 1.29 is 0 Å². The number of benzene rings is 6. The summed E-state index contributed by atoms with van der Waals surface area (Å²) >= 11 is 2.09. The van der Waals surface area contributed by atoms with E-state index in [0.717, 1.165) is 0 Å². The highest BCUT2D eigenvalue weighted by Crippen LogP contribution is 2.56. The molecule has 0 spiro atoms. The standard InChI is InChI=1S/C68H80BN2SSi/c1-40-32-56-59-57(33-40)71(54-25-23-44(73-17)35-45(54)41-18-20-42(21-19-41)62(2,3)4)60-46-36-49-52(68(15,16)31-28-65(49,9)10)39-58(46)72-61(60)69(59)53-37-50-51(67(13,14)30-29-66(50,11)12)38-55(53)70(56)43-22-24-47-48(34-43)64(7,8)27-26-63(47,5)6/h18-25,32-39,73H,26-31H2,1-17H3/q-1. The summed E-state index contributed by atoms with van der Waals surface area (Å²) in [6, 6.07) is 40.6. The van der Waals surface area contributed by atoms with Crippen LogP contribution in [0.3, 0.4) is 0 Å². The predicted octanol–water partition coefficient (Wildman–Crippen LogP) is 16.4. The van der Waals surface area contributed by atoms with Gasteiger partial charge >= 0.3 is 0 Å². The van der Waals surface area contributed by atoms with Crippen molar-refractivity contribution in [3.05, 3.63) is 142 Å². The molecule has 0 radical (unpaired) electrons. The fraction of sp³-hybridized carbons (Fsp3) is 0.441. The highest BCUT2D eigenvalue weighted by atomic mass is 32.1. The molecule has 5 aliphatic rings. The summed E-state index contributed by atoms with van der Waals surface area (Å²) < 4.78 is 2.89. The van der Waals surface area contributed by atoms with Crippen LogP contribution < -0.4 is 30.7 Å². The van der Waals surface area contributed by atoms with Gasteiger partial charge in [-0.15, -0.1) is 11.3 Å². The van der Waals surface area contributed by atoms with Gasteiger partial charge in [-0.1, -0.05) is 152 Å². The Bertz CT molecular complexity index is 3460. The summed E-state index contributed by atoms with van der Waals surface area (Å²) in [7, 11) is 0.130. The van der Waals surface area contributed by atoms with Crippen LogP contribution in [0.2, 0.25) is 6.55 Å². The van der Waals surface area contributed by atoms with E-state index >= 15 is 0 Å². The van der Waals surface area contributed by atoms with Crippen LogP contribution in [-0.4, -0.2) is 16.2 Å². The topological polar surface area (TPSA) is 6.48 Å². The van der Waals surface area contributed by atoms with E-state index in [-0.39, 0.29) is 54.1 Å². The second kappa shape index (κ2) is 15.9. The van der Waals surface area contributed by atoms with E-state index in [2.05, 4.69) is 236 Å². The molecule has 73 heavy (non-hydrogen) atoms. The molecule has 3 aliphatic carbocycles. The third-order valence-corrected chi connectivity index (χ3v) is 21.7. The molecule has 3 heterocycles. The minimum Gasteiger partial charge on any atom is -0.311 e. The SMILES string of the molecule is C[SiH-]c1ccc(N2c3cc(C)cc4c3B(c3cc5c(cc3N4c3ccc4c(c3)C(C)(C)CCC4(C)C)C(C)(C)CCC5(C)C)c3sc4cc5c(cc4c32)C(C)(C)CCC5(C)C)c(-c2ccc(C(C)(C)C)cc2)c1. The summed E-state index contributed by atoms with van der Waals surface area (Å²) in [6.07, 6.45) is 7.15. The van der Waals surface area contributed by atoms with Crippen molar-refractivity contribution in [1.29, 1.82) is 0 Å². The maximum Gasteiger partial charge on any atom is 0.264 e. The summed E-state index contributed by atoms with van der Waals surface area (Å²) in [5, 5.41) is 2.85. The quantitative estimate of drug-likeness (QED) is 0.162. The van der Waals surface area contributed by atoms with Crippen molar-refractivity contribution in [3.8, 4) is 11.1 Å². The highest BCUT2D eigenvalue weighted by molar-refractivity contribution is 7.33. The molecular weight excluding hydrogens is 916 g/mol. The molecule has 376 valence electrons. The Hall–Kier alpha value is -4.84. The maximum absolute atomic E-state index is 2.78. The lowest BCUT2D eigenvalue weighted by atomic mass is 9.35. The Labute approximate surface area is 446 Å². The Morgan fingerprint density at radius 1 is 0.507 bits per heavy atom. The molecule has 0 unspecified atom stereocenters. The number of hydrogen-bond donors (Lipinski definition) is 0. The Kier molecular flexibility index (Phi) is 10.7. The molecule has 12 rings (SSSR count). The first-order chi connectivity index (χ1) is 34.1. The molecule has 6 aromatic carbocycles. The van der Waals surface area contributed by atoms with Crippen LogP contribution in [0.15, 0.2) is 97.1 Å². The van der Waals surface area contributed by atoms with E-state index in [4.69, 9.17) is 0 Å². The zero-order chi connectivity index (χ0) is 51.9. The van der Waals surface area contributed by atoms with E-state index in [9.17, 15) is 0 Å². The predicted molar refractivity (Wildman–Crippen MR) is 323 cm³/mol. The van der Waals surface area contributed by atoms with Crippen molar-refractivity contribution in [1.82, 2.24) is 0 Å². The summed E-state index contributed by atoms with van der Waals surface area (Å²) in [4.78, 5) is 5.52. The lowest BCUT2D eigenvalue weighted by molar-refractivity contribution is 0.332. The average molecular weight is 996 g/mol. The van der Waals surface area contributed by atoms with Gasteiger partial charge in [-0.25, -0.2) is 5.19 Å². The molecule has 0 atom stereocenters. The number of anilines is 6. The number of rotatable bonds is 4. The molecule has 0 saturated heterocycles. The molecule has 0 fully saturated rings. The van der Waals surface area contributed by atoms with Gasteiger partial charge in [0.1, 0.15) is 0 Å². The smallest absolute Gasteiger partial charge is 0.264 e. The van der Waals surface area contributed by atoms with Crippen molar-refractivity contribution in [2.75, 3.05) is 9.80 Å². The van der Waals surface area contributed by atoms with Crippen LogP contribution in [0.5, 0.6) is 0 Å². The lowest BCUT2D eigenvalue weighted by Crippen LogP contribution is -2.61. The lowest BCUT2D eigenvalue weighted by Gasteiger charge is -2.47. The second-order valence-corrected chi connectivity index (χ2v) is 30.7. The molecule has 7 aromatic rings.